The molecule has 0 aliphatic heterocycles. The monoisotopic (exact) mass is 769 g/mol. The first-order chi connectivity index (χ1) is 25.1. The van der Waals surface area contributed by atoms with Crippen LogP contribution in [-0.4, -0.2) is 106 Å². The average Bonchev–Trinajstić information content (AvgIpc) is 3.40. The molecule has 4 atom stereocenters. The van der Waals surface area contributed by atoms with Crippen molar-refractivity contribution in [2.75, 3.05) is 20.7 Å². The number of aryl methyl sites for hydroxylation is 1. The van der Waals surface area contributed by atoms with Crippen molar-refractivity contribution in [2.45, 2.75) is 125 Å². The third-order valence-corrected chi connectivity index (χ3v) is 9.53. The number of hydrogen-bond donors (Lipinski definition) is 3. The Morgan fingerprint density at radius 2 is 1.51 bits per heavy atom. The predicted molar refractivity (Wildman–Crippen MR) is 211 cm³/mol. The lowest BCUT2D eigenvalue weighted by atomic mass is 9.76. The van der Waals surface area contributed by atoms with Crippen LogP contribution in [0.25, 0.3) is 10.9 Å². The van der Waals surface area contributed by atoms with Gasteiger partial charge in [-0.15, -0.1) is 0 Å². The number of nitrogens with one attached hydrogen (secondary N) is 2. The molecule has 0 aliphatic carbocycles. The highest BCUT2D eigenvalue weighted by Crippen LogP contribution is 2.37. The first-order valence-electron chi connectivity index (χ1n) is 18.6. The van der Waals surface area contributed by atoms with Crippen LogP contribution in [-0.2, 0) is 45.9 Å². The summed E-state index contributed by atoms with van der Waals surface area (Å²) < 4.78 is 12.5. The summed E-state index contributed by atoms with van der Waals surface area (Å²) in [4.78, 5) is 82.6. The van der Waals surface area contributed by atoms with Crippen molar-refractivity contribution in [3.63, 3.8) is 0 Å². The van der Waals surface area contributed by atoms with Gasteiger partial charge in [-0.2, -0.15) is 0 Å². The zero-order valence-corrected chi connectivity index (χ0v) is 35.3. The molecule has 3 N–H and O–H groups in total. The number of carboxylic acid groups (broad SMARTS) is 1. The highest BCUT2D eigenvalue weighted by molar-refractivity contribution is 5.97. The van der Waals surface area contributed by atoms with E-state index in [1.54, 1.807) is 40.8 Å². The Kier molecular flexibility index (Phi) is 15.3. The van der Waals surface area contributed by atoms with Crippen LogP contribution in [0, 0.1) is 11.3 Å². The number of rotatable bonds is 15. The van der Waals surface area contributed by atoms with E-state index in [0.717, 1.165) is 16.5 Å². The van der Waals surface area contributed by atoms with Crippen molar-refractivity contribution in [3.05, 3.63) is 47.7 Å². The fourth-order valence-corrected chi connectivity index (χ4v) is 6.59. The van der Waals surface area contributed by atoms with E-state index >= 15 is 0 Å². The minimum Gasteiger partial charge on any atom is -0.480 e. The highest BCUT2D eigenvalue weighted by atomic mass is 16.6. The van der Waals surface area contributed by atoms with E-state index in [9.17, 15) is 33.9 Å². The molecule has 4 amide bonds. The van der Waals surface area contributed by atoms with Gasteiger partial charge in [0, 0.05) is 49.2 Å². The van der Waals surface area contributed by atoms with Gasteiger partial charge >= 0.3 is 18.0 Å². The quantitative estimate of drug-likeness (QED) is 0.163. The summed E-state index contributed by atoms with van der Waals surface area (Å²) in [5.74, 6) is -4.13. The maximum absolute atomic E-state index is 14.8. The van der Waals surface area contributed by atoms with Crippen molar-refractivity contribution < 1.29 is 43.3 Å². The third-order valence-electron chi connectivity index (χ3n) is 9.53. The van der Waals surface area contributed by atoms with Crippen LogP contribution in [0.1, 0.15) is 95.1 Å². The minimum absolute atomic E-state index is 0.0631. The number of carbonyl (C=O) groups excluding carboxylic acids is 5. The first-order valence-corrected chi connectivity index (χ1v) is 18.6. The van der Waals surface area contributed by atoms with Crippen LogP contribution >= 0.6 is 0 Å². The summed E-state index contributed by atoms with van der Waals surface area (Å²) in [6, 6.07) is 3.38. The number of aliphatic carboxylic acids is 1. The zero-order chi connectivity index (χ0) is 42.4. The molecule has 2 aromatic rings. The van der Waals surface area contributed by atoms with Crippen LogP contribution in [0.2, 0.25) is 0 Å². The highest BCUT2D eigenvalue weighted by Gasteiger charge is 2.47. The standard InChI is InChI=1S/C41H63N5O9/c1-16-54-31(47)22-28(37(51)52)42-34(48)25(4)21-30(24(2)3)45(14)36(50)32(39(5,6)7)43-35(49)33(46(15)38(53)55-40(8,9)10)41(11,12)27-23-44(13)29-20-18-17-19-26(27)29/h17-21,23-24,28,30,32-33H,16,22H2,1-15H3,(H,42,48)(H,43,49)(H,51,52)/b25-21+/t28-,30+,32+,33+/m0/s1. The van der Waals surface area contributed by atoms with E-state index in [2.05, 4.69) is 10.6 Å². The summed E-state index contributed by atoms with van der Waals surface area (Å²) in [6.45, 7) is 21.3. The van der Waals surface area contributed by atoms with Gasteiger partial charge in [0.25, 0.3) is 0 Å². The molecule has 306 valence electrons. The molecular weight excluding hydrogens is 706 g/mol. The van der Waals surface area contributed by atoms with E-state index in [1.807, 2.05) is 90.5 Å². The summed E-state index contributed by atoms with van der Waals surface area (Å²) in [5.41, 5.74) is -0.763. The Balaban J connectivity index is 2.57. The Morgan fingerprint density at radius 3 is 2.02 bits per heavy atom. The third kappa shape index (κ3) is 11.8. The van der Waals surface area contributed by atoms with Crippen LogP contribution < -0.4 is 10.6 Å². The number of likely N-dealkylation sites (N-methyl/N-ethyl adjacent to an activating group) is 2. The molecule has 0 radical (unpaired) electrons. The number of benzene rings is 1. The van der Waals surface area contributed by atoms with Gasteiger partial charge in [0.1, 0.15) is 23.7 Å². The predicted octanol–water partition coefficient (Wildman–Crippen LogP) is 5.17. The maximum atomic E-state index is 14.8. The van der Waals surface area contributed by atoms with E-state index in [4.69, 9.17) is 9.47 Å². The molecule has 0 spiro atoms. The molecule has 1 aromatic heterocycles. The molecule has 0 fully saturated rings. The summed E-state index contributed by atoms with van der Waals surface area (Å²) in [6.07, 6.45) is 2.25. The number of para-hydroxylation sites is 1. The molecular formula is C41H63N5O9. The van der Waals surface area contributed by atoms with Gasteiger partial charge in [0.15, 0.2) is 0 Å². The van der Waals surface area contributed by atoms with Crippen LogP contribution in [0.4, 0.5) is 4.79 Å². The number of ether oxygens (including phenoxy) is 2. The second kappa shape index (κ2) is 18.2. The van der Waals surface area contributed by atoms with E-state index in [1.165, 1.54) is 23.8 Å². The molecule has 2 rings (SSSR count). The zero-order valence-electron chi connectivity index (χ0n) is 35.3. The van der Waals surface area contributed by atoms with Crippen molar-refractivity contribution in [2.24, 2.45) is 18.4 Å². The smallest absolute Gasteiger partial charge is 0.410 e. The van der Waals surface area contributed by atoms with Crippen molar-refractivity contribution in [1.82, 2.24) is 25.0 Å². The molecule has 1 aromatic carbocycles. The van der Waals surface area contributed by atoms with E-state index in [0.29, 0.717) is 0 Å². The molecule has 55 heavy (non-hydrogen) atoms. The second-order valence-corrected chi connectivity index (χ2v) is 17.1. The van der Waals surface area contributed by atoms with Crippen LogP contribution in [0.15, 0.2) is 42.1 Å². The van der Waals surface area contributed by atoms with Gasteiger partial charge in [0.2, 0.25) is 17.7 Å². The molecule has 14 nitrogen and oxygen atoms in total. The average molecular weight is 770 g/mol. The number of carbonyl (C=O) groups is 6. The topological polar surface area (TPSA) is 177 Å². The number of esters is 1. The van der Waals surface area contributed by atoms with Crippen LogP contribution in [0.5, 0.6) is 0 Å². The maximum Gasteiger partial charge on any atom is 0.410 e. The lowest BCUT2D eigenvalue weighted by molar-refractivity contribution is -0.150. The summed E-state index contributed by atoms with van der Waals surface area (Å²) in [7, 11) is 5.00. The largest absolute Gasteiger partial charge is 0.480 e. The number of fused-ring (bicyclic) bond motifs is 1. The molecule has 14 heteroatoms. The molecule has 0 saturated heterocycles. The Hall–Kier alpha value is -4.88. The Morgan fingerprint density at radius 1 is 0.927 bits per heavy atom. The molecule has 0 aliphatic rings. The van der Waals surface area contributed by atoms with Crippen molar-refractivity contribution >= 4 is 46.7 Å². The van der Waals surface area contributed by atoms with Gasteiger partial charge in [0.05, 0.1) is 19.1 Å². The molecule has 1 heterocycles. The van der Waals surface area contributed by atoms with Gasteiger partial charge in [-0.3, -0.25) is 24.1 Å². The number of carboxylic acids is 1. The van der Waals surface area contributed by atoms with Crippen LogP contribution in [0.3, 0.4) is 0 Å². The van der Waals surface area contributed by atoms with Gasteiger partial charge in [-0.1, -0.05) is 72.7 Å². The van der Waals surface area contributed by atoms with Gasteiger partial charge < -0.3 is 34.7 Å². The number of amides is 4. The number of hydrogen-bond acceptors (Lipinski definition) is 8. The van der Waals surface area contributed by atoms with Gasteiger partial charge in [-0.05, 0) is 57.6 Å². The fraction of sp³-hybridized carbons (Fsp3) is 0.610. The lowest BCUT2D eigenvalue weighted by Crippen LogP contribution is -2.63. The summed E-state index contributed by atoms with van der Waals surface area (Å²) >= 11 is 0. The SMILES string of the molecule is CCOC(=O)C[C@H](NC(=O)/C(C)=C/[C@H](C(C)C)N(C)C(=O)[C@@H](NC(=O)[C@@H](N(C)C(=O)OC(C)(C)C)C(C)(C)c1cn(C)c2ccccc12)C(C)(C)C)C(=O)O. The van der Waals surface area contributed by atoms with Crippen molar-refractivity contribution in [1.29, 1.82) is 0 Å². The van der Waals surface area contributed by atoms with E-state index < -0.39 is 82.8 Å². The van der Waals surface area contributed by atoms with Gasteiger partial charge in [-0.25, -0.2) is 9.59 Å². The number of aromatic nitrogens is 1. The lowest BCUT2D eigenvalue weighted by Gasteiger charge is -2.42. The fourth-order valence-electron chi connectivity index (χ4n) is 6.59. The first kappa shape index (κ1) is 46.3. The molecule has 0 bridgehead atoms. The molecule has 0 saturated carbocycles. The Bertz CT molecular complexity index is 1760. The Labute approximate surface area is 325 Å². The minimum atomic E-state index is -1.52. The van der Waals surface area contributed by atoms with E-state index in [-0.39, 0.29) is 18.1 Å². The second-order valence-electron chi connectivity index (χ2n) is 17.1. The van der Waals surface area contributed by atoms with Crippen molar-refractivity contribution in [3.8, 4) is 0 Å². The summed E-state index contributed by atoms with van der Waals surface area (Å²) in [5, 5.41) is 15.9. The molecule has 0 unspecified atom stereocenters. The normalized spacial score (nSPS) is 14.7. The number of nitrogens with zero attached hydrogens (tertiary/aromatic N) is 3.